The summed E-state index contributed by atoms with van der Waals surface area (Å²) in [6.07, 6.45) is 14.9. The molecular formula is C64H47N3O. The molecule has 2 aliphatic carbocycles. The van der Waals surface area contributed by atoms with Gasteiger partial charge in [-0.15, -0.1) is 0 Å². The van der Waals surface area contributed by atoms with Crippen molar-refractivity contribution in [3.05, 3.63) is 228 Å². The van der Waals surface area contributed by atoms with E-state index in [2.05, 4.69) is 211 Å². The second kappa shape index (κ2) is 14.9. The van der Waals surface area contributed by atoms with E-state index >= 15 is 0 Å². The maximum atomic E-state index is 6.54. The standard InChI is InChI=1S/C64H47N3O/c1-64(2)55-23-13-14-24-59(55)67(45-17-7-4-8-18-45)60-34-29-44(37-56(60)64)43-28-33-58-53(36-43)54-38-62-57(65-63(68-62)41-15-5-3-6-16-41)39-61(54)66(58)46-30-25-40(26-31-46)42-27-32-51-49-21-10-9-19-47(49)48-20-11-12-22-50(48)52(51)35-42/h3-8,10-18,20-30,32-39,46H,9,19,31H2,1-2H3. The van der Waals surface area contributed by atoms with E-state index in [1.165, 1.54) is 88.3 Å². The molecule has 4 nitrogen and oxygen atoms in total. The number of hydrogen-bond donors (Lipinski definition) is 0. The van der Waals surface area contributed by atoms with Gasteiger partial charge in [0.1, 0.15) is 5.52 Å². The van der Waals surface area contributed by atoms with Gasteiger partial charge in [0.05, 0.1) is 22.9 Å². The minimum absolute atomic E-state index is 0.106. The van der Waals surface area contributed by atoms with Crippen LogP contribution in [0.4, 0.5) is 17.1 Å². The molecule has 0 bridgehead atoms. The minimum atomic E-state index is -0.210. The summed E-state index contributed by atoms with van der Waals surface area (Å²) in [5, 5.41) is 7.75. The number of allylic oxidation sites excluding steroid dienone is 5. The first kappa shape index (κ1) is 39.0. The Hall–Kier alpha value is -8.21. The Morgan fingerprint density at radius 3 is 2.13 bits per heavy atom. The smallest absolute Gasteiger partial charge is 0.227 e. The zero-order valence-corrected chi connectivity index (χ0v) is 38.1. The number of hydrogen-bond acceptors (Lipinski definition) is 3. The lowest BCUT2D eigenvalue weighted by atomic mass is 9.73. The SMILES string of the molecule is CC1(C)c2ccccc2N(c2ccccc2)c2ccc(-c3ccc4c(c3)c3cc5oc(-c6ccccc6)nc5cc3n4C3C=CC(c4ccc5c6c(c7ccccc7c5c4)CCC=C6)=CC3)cc21. The van der Waals surface area contributed by atoms with Crippen molar-refractivity contribution < 1.29 is 4.42 Å². The molecule has 3 aliphatic rings. The summed E-state index contributed by atoms with van der Waals surface area (Å²) in [6, 6.07) is 64.6. The molecule has 1 atom stereocenters. The normalized spacial score (nSPS) is 16.1. The first-order valence-electron chi connectivity index (χ1n) is 24.0. The zero-order valence-electron chi connectivity index (χ0n) is 38.1. The zero-order chi connectivity index (χ0) is 45.1. The average molecular weight is 874 g/mol. The lowest BCUT2D eigenvalue weighted by Gasteiger charge is -2.42. The summed E-state index contributed by atoms with van der Waals surface area (Å²) in [5.41, 5.74) is 18.8. The number of benzene rings is 9. The van der Waals surface area contributed by atoms with Gasteiger partial charge in [-0.1, -0.05) is 147 Å². The van der Waals surface area contributed by atoms with Crippen molar-refractivity contribution in [2.75, 3.05) is 4.90 Å². The molecule has 3 heterocycles. The Morgan fingerprint density at radius 1 is 0.559 bits per heavy atom. The van der Waals surface area contributed by atoms with Crippen LogP contribution in [0.15, 0.2) is 205 Å². The highest BCUT2D eigenvalue weighted by atomic mass is 16.3. The van der Waals surface area contributed by atoms with Crippen LogP contribution < -0.4 is 4.90 Å². The number of aryl methyl sites for hydroxylation is 1. The van der Waals surface area contributed by atoms with Crippen LogP contribution >= 0.6 is 0 Å². The summed E-state index contributed by atoms with van der Waals surface area (Å²) in [7, 11) is 0. The highest BCUT2D eigenvalue weighted by Gasteiger charge is 2.37. The summed E-state index contributed by atoms with van der Waals surface area (Å²) in [6.45, 7) is 4.73. The van der Waals surface area contributed by atoms with E-state index in [0.717, 1.165) is 52.5 Å². The van der Waals surface area contributed by atoms with E-state index in [0.29, 0.717) is 5.89 Å². The topological polar surface area (TPSA) is 34.2 Å². The maximum Gasteiger partial charge on any atom is 0.227 e. The van der Waals surface area contributed by atoms with Gasteiger partial charge in [0.2, 0.25) is 5.89 Å². The fourth-order valence-electron chi connectivity index (χ4n) is 11.8. The summed E-state index contributed by atoms with van der Waals surface area (Å²) >= 11 is 0. The van der Waals surface area contributed by atoms with Gasteiger partial charge in [-0.25, -0.2) is 4.98 Å². The number of rotatable bonds is 5. The first-order chi connectivity index (χ1) is 33.5. The number of oxazole rings is 1. The molecule has 1 unspecified atom stereocenters. The molecule has 324 valence electrons. The van der Waals surface area contributed by atoms with Crippen molar-refractivity contribution >= 4 is 83.2 Å². The van der Waals surface area contributed by atoms with Gasteiger partial charge in [0, 0.05) is 33.0 Å². The third kappa shape index (κ3) is 5.90. The van der Waals surface area contributed by atoms with E-state index in [-0.39, 0.29) is 11.5 Å². The molecule has 9 aromatic carbocycles. The lowest BCUT2D eigenvalue weighted by molar-refractivity contribution is 0.620. The van der Waals surface area contributed by atoms with Crippen LogP contribution in [0.3, 0.4) is 0 Å². The number of aromatic nitrogens is 2. The molecule has 0 saturated carbocycles. The molecular weight excluding hydrogens is 827 g/mol. The monoisotopic (exact) mass is 873 g/mol. The predicted molar refractivity (Wildman–Crippen MR) is 284 cm³/mol. The molecule has 0 spiro atoms. The van der Waals surface area contributed by atoms with Crippen LogP contribution in [-0.2, 0) is 11.8 Å². The second-order valence-corrected chi connectivity index (χ2v) is 19.3. The van der Waals surface area contributed by atoms with Crippen molar-refractivity contribution in [1.29, 1.82) is 0 Å². The third-order valence-corrected chi connectivity index (χ3v) is 15.2. The molecule has 0 radical (unpaired) electrons. The summed E-state index contributed by atoms with van der Waals surface area (Å²) < 4.78 is 9.07. The minimum Gasteiger partial charge on any atom is -0.436 e. The quantitative estimate of drug-likeness (QED) is 0.162. The van der Waals surface area contributed by atoms with Crippen molar-refractivity contribution in [1.82, 2.24) is 9.55 Å². The van der Waals surface area contributed by atoms with Crippen molar-refractivity contribution in [2.45, 2.75) is 44.6 Å². The van der Waals surface area contributed by atoms with Crippen LogP contribution in [0.1, 0.15) is 60.5 Å². The Bertz CT molecular complexity index is 3980. The van der Waals surface area contributed by atoms with Gasteiger partial charge >= 0.3 is 0 Å². The van der Waals surface area contributed by atoms with Crippen LogP contribution in [-0.4, -0.2) is 9.55 Å². The third-order valence-electron chi connectivity index (χ3n) is 15.2. The molecule has 14 rings (SSSR count). The summed E-state index contributed by atoms with van der Waals surface area (Å²) in [5.74, 6) is 0.637. The molecule has 4 heteroatoms. The van der Waals surface area contributed by atoms with Crippen molar-refractivity contribution in [3.63, 3.8) is 0 Å². The van der Waals surface area contributed by atoms with Crippen LogP contribution in [0.25, 0.3) is 88.7 Å². The van der Waals surface area contributed by atoms with Crippen LogP contribution in [0.2, 0.25) is 0 Å². The van der Waals surface area contributed by atoms with E-state index in [1.54, 1.807) is 0 Å². The Balaban J connectivity index is 0.891. The first-order valence-corrected chi connectivity index (χ1v) is 24.0. The predicted octanol–water partition coefficient (Wildman–Crippen LogP) is 17.2. The van der Waals surface area contributed by atoms with Gasteiger partial charge in [-0.05, 0) is 158 Å². The van der Waals surface area contributed by atoms with Crippen LogP contribution in [0, 0.1) is 0 Å². The summed E-state index contributed by atoms with van der Waals surface area (Å²) in [4.78, 5) is 7.48. The van der Waals surface area contributed by atoms with Gasteiger partial charge in [-0.3, -0.25) is 0 Å². The van der Waals surface area contributed by atoms with Crippen molar-refractivity contribution in [2.24, 2.45) is 0 Å². The number of nitrogens with zero attached hydrogens (tertiary/aromatic N) is 3. The lowest BCUT2D eigenvalue weighted by Crippen LogP contribution is -2.30. The molecule has 0 amide bonds. The number of para-hydroxylation sites is 2. The van der Waals surface area contributed by atoms with E-state index < -0.39 is 0 Å². The fourth-order valence-corrected chi connectivity index (χ4v) is 11.8. The van der Waals surface area contributed by atoms with E-state index in [4.69, 9.17) is 9.40 Å². The van der Waals surface area contributed by atoms with Crippen molar-refractivity contribution in [3.8, 4) is 22.6 Å². The molecule has 0 fully saturated rings. The average Bonchev–Trinajstić information content (AvgIpc) is 3.96. The highest BCUT2D eigenvalue weighted by molar-refractivity contribution is 6.15. The largest absolute Gasteiger partial charge is 0.436 e. The van der Waals surface area contributed by atoms with Crippen LogP contribution in [0.5, 0.6) is 0 Å². The molecule has 1 aliphatic heterocycles. The molecule has 11 aromatic rings. The van der Waals surface area contributed by atoms with Gasteiger partial charge in [0.15, 0.2) is 5.58 Å². The Labute approximate surface area is 395 Å². The maximum absolute atomic E-state index is 6.54. The fraction of sp³-hybridized carbons (Fsp3) is 0.109. The Kier molecular flexibility index (Phi) is 8.55. The van der Waals surface area contributed by atoms with Gasteiger partial charge in [-0.2, -0.15) is 0 Å². The van der Waals surface area contributed by atoms with E-state index in [1.807, 2.05) is 18.2 Å². The molecule has 0 N–H and O–H groups in total. The molecule has 68 heavy (non-hydrogen) atoms. The van der Waals surface area contributed by atoms with E-state index in [9.17, 15) is 0 Å². The molecule has 0 saturated heterocycles. The van der Waals surface area contributed by atoms with Gasteiger partial charge < -0.3 is 13.9 Å². The second-order valence-electron chi connectivity index (χ2n) is 19.3. The number of anilines is 3. The van der Waals surface area contributed by atoms with Gasteiger partial charge in [0.25, 0.3) is 0 Å². The Morgan fingerprint density at radius 2 is 1.28 bits per heavy atom. The molecule has 2 aromatic heterocycles. The number of fused-ring (bicyclic) bond motifs is 12. The highest BCUT2D eigenvalue weighted by Crippen LogP contribution is 2.53.